The molecule has 0 heterocycles. The highest BCUT2D eigenvalue weighted by Gasteiger charge is 2.34. The lowest BCUT2D eigenvalue weighted by molar-refractivity contribution is -0.140. The van der Waals surface area contributed by atoms with Crippen LogP contribution >= 0.6 is 34.8 Å². The van der Waals surface area contributed by atoms with Crippen molar-refractivity contribution in [2.24, 2.45) is 5.92 Å². The number of nitrogens with zero attached hydrogens (tertiary/aromatic N) is 2. The van der Waals surface area contributed by atoms with Gasteiger partial charge in [-0.1, -0.05) is 79.8 Å². The van der Waals surface area contributed by atoms with E-state index >= 15 is 0 Å². The van der Waals surface area contributed by atoms with E-state index in [1.165, 1.54) is 23.1 Å². The van der Waals surface area contributed by atoms with E-state index in [1.54, 1.807) is 43.3 Å². The fraction of sp³-hybridized carbons (Fsp3) is 0.310. The summed E-state index contributed by atoms with van der Waals surface area (Å²) in [5, 5.41) is 3.10. The number of nitrogens with one attached hydrogen (secondary N) is 1. The zero-order chi connectivity index (χ0) is 30.3. The molecule has 3 aromatic rings. The highest BCUT2D eigenvalue weighted by Crippen LogP contribution is 2.30. The Balaban J connectivity index is 2.10. The zero-order valence-electron chi connectivity index (χ0n) is 22.8. The van der Waals surface area contributed by atoms with Gasteiger partial charge < -0.3 is 10.2 Å². The first kappa shape index (κ1) is 32.7. The molecule has 0 unspecified atom stereocenters. The summed E-state index contributed by atoms with van der Waals surface area (Å²) in [7, 11) is -4.32. The molecule has 12 heteroatoms. The SMILES string of the molecule is CC[C@H](C(=O)NCC(C)C)N(Cc1c(Cl)cccc1Cl)C(=O)CN(c1ccc(F)c(Cl)c1)S(=O)(=O)c1ccccc1. The molecular weight excluding hydrogens is 612 g/mol. The van der Waals surface area contributed by atoms with E-state index in [2.05, 4.69) is 5.32 Å². The van der Waals surface area contributed by atoms with Gasteiger partial charge in [0, 0.05) is 28.7 Å². The average Bonchev–Trinajstić information content (AvgIpc) is 2.93. The second-order valence-electron chi connectivity index (χ2n) is 9.71. The minimum Gasteiger partial charge on any atom is -0.354 e. The molecule has 3 aromatic carbocycles. The van der Waals surface area contributed by atoms with Crippen molar-refractivity contribution in [1.82, 2.24) is 10.2 Å². The number of anilines is 1. The first-order valence-corrected chi connectivity index (χ1v) is 15.5. The van der Waals surface area contributed by atoms with Crippen LogP contribution in [0.4, 0.5) is 10.1 Å². The molecule has 0 bridgehead atoms. The van der Waals surface area contributed by atoms with Crippen LogP contribution in [0.3, 0.4) is 0 Å². The predicted molar refractivity (Wildman–Crippen MR) is 161 cm³/mol. The van der Waals surface area contributed by atoms with Crippen molar-refractivity contribution >= 4 is 62.3 Å². The molecule has 0 saturated heterocycles. The smallest absolute Gasteiger partial charge is 0.264 e. The maximum absolute atomic E-state index is 14.1. The Labute approximate surface area is 255 Å². The molecular formula is C29H31Cl3FN3O4S. The van der Waals surface area contributed by atoms with Gasteiger partial charge in [0.15, 0.2) is 0 Å². The molecule has 7 nitrogen and oxygen atoms in total. The molecule has 0 aliphatic heterocycles. The highest BCUT2D eigenvalue weighted by molar-refractivity contribution is 7.92. The Morgan fingerprint density at radius 3 is 2.12 bits per heavy atom. The van der Waals surface area contributed by atoms with Crippen molar-refractivity contribution in [2.75, 3.05) is 17.4 Å². The van der Waals surface area contributed by atoms with Crippen LogP contribution in [0.5, 0.6) is 0 Å². The summed E-state index contributed by atoms with van der Waals surface area (Å²) in [6.07, 6.45) is 0.228. The molecule has 0 spiro atoms. The van der Waals surface area contributed by atoms with Gasteiger partial charge in [-0.2, -0.15) is 0 Å². The van der Waals surface area contributed by atoms with Gasteiger partial charge in [0.2, 0.25) is 11.8 Å². The van der Waals surface area contributed by atoms with E-state index in [-0.39, 0.29) is 44.5 Å². The van der Waals surface area contributed by atoms with Gasteiger partial charge in [0.05, 0.1) is 15.6 Å². The van der Waals surface area contributed by atoms with Crippen molar-refractivity contribution in [1.29, 1.82) is 0 Å². The Morgan fingerprint density at radius 1 is 0.927 bits per heavy atom. The van der Waals surface area contributed by atoms with Crippen molar-refractivity contribution in [3.8, 4) is 0 Å². The fourth-order valence-electron chi connectivity index (χ4n) is 4.08. The maximum Gasteiger partial charge on any atom is 0.264 e. The number of amides is 2. The van der Waals surface area contributed by atoms with Gasteiger partial charge in [0.25, 0.3) is 10.0 Å². The topological polar surface area (TPSA) is 86.8 Å². The number of hydrogen-bond donors (Lipinski definition) is 1. The minimum atomic E-state index is -4.32. The van der Waals surface area contributed by atoms with E-state index < -0.39 is 40.2 Å². The van der Waals surface area contributed by atoms with Crippen LogP contribution in [-0.4, -0.2) is 44.3 Å². The number of carbonyl (C=O) groups is 2. The summed E-state index contributed by atoms with van der Waals surface area (Å²) in [5.74, 6) is -1.69. The monoisotopic (exact) mass is 641 g/mol. The van der Waals surface area contributed by atoms with Crippen molar-refractivity contribution in [3.63, 3.8) is 0 Å². The average molecular weight is 643 g/mol. The molecule has 0 fully saturated rings. The van der Waals surface area contributed by atoms with E-state index in [1.807, 2.05) is 13.8 Å². The lowest BCUT2D eigenvalue weighted by Crippen LogP contribution is -2.52. The fourth-order valence-corrected chi connectivity index (χ4v) is 6.20. The Hall–Kier alpha value is -2.85. The number of carbonyl (C=O) groups excluding carboxylic acids is 2. The van der Waals surface area contributed by atoms with E-state index in [0.29, 0.717) is 12.1 Å². The van der Waals surface area contributed by atoms with Crippen LogP contribution in [0, 0.1) is 11.7 Å². The summed E-state index contributed by atoms with van der Waals surface area (Å²) in [6, 6.07) is 14.8. The standard InChI is InChI=1S/C29H31Cl3FN3O4S/c1-4-27(29(38)34-16-19(2)3)35(17-22-23(30)11-8-12-24(22)31)28(37)18-36(20-13-14-26(33)25(32)15-20)41(39,40)21-9-6-5-7-10-21/h5-15,19,27H,4,16-18H2,1-3H3,(H,34,38)/t27-/m1/s1. The van der Waals surface area contributed by atoms with Gasteiger partial charge in [-0.3, -0.25) is 13.9 Å². The summed E-state index contributed by atoms with van der Waals surface area (Å²) < 4.78 is 42.5. The normalized spacial score (nSPS) is 12.2. The first-order chi connectivity index (χ1) is 19.4. The Bertz CT molecular complexity index is 1470. The van der Waals surface area contributed by atoms with Crippen molar-refractivity contribution < 1.29 is 22.4 Å². The third-order valence-corrected chi connectivity index (χ3v) is 9.05. The predicted octanol–water partition coefficient (Wildman–Crippen LogP) is 6.56. The van der Waals surface area contributed by atoms with Crippen LogP contribution in [0.25, 0.3) is 0 Å². The number of rotatable bonds is 12. The molecule has 0 radical (unpaired) electrons. The summed E-state index contributed by atoms with van der Waals surface area (Å²) >= 11 is 18.8. The molecule has 2 amide bonds. The Morgan fingerprint density at radius 2 is 1.56 bits per heavy atom. The van der Waals surface area contributed by atoms with Gasteiger partial charge in [-0.25, -0.2) is 12.8 Å². The molecule has 0 aliphatic rings. The quantitative estimate of drug-likeness (QED) is 0.243. The third kappa shape index (κ3) is 8.13. The summed E-state index contributed by atoms with van der Waals surface area (Å²) in [5.41, 5.74) is 0.378. The second kappa shape index (κ2) is 14.4. The first-order valence-electron chi connectivity index (χ1n) is 12.9. The van der Waals surface area contributed by atoms with Crippen LogP contribution in [0.2, 0.25) is 15.1 Å². The van der Waals surface area contributed by atoms with E-state index in [9.17, 15) is 22.4 Å². The van der Waals surface area contributed by atoms with Crippen LogP contribution in [0.15, 0.2) is 71.6 Å². The molecule has 0 saturated carbocycles. The largest absolute Gasteiger partial charge is 0.354 e. The van der Waals surface area contributed by atoms with Crippen molar-refractivity contribution in [3.05, 3.63) is 93.2 Å². The van der Waals surface area contributed by atoms with Gasteiger partial charge in [-0.05, 0) is 54.8 Å². The number of halogens is 4. The van der Waals surface area contributed by atoms with Crippen LogP contribution < -0.4 is 9.62 Å². The summed E-state index contributed by atoms with van der Waals surface area (Å²) in [4.78, 5) is 28.5. The number of sulfonamides is 1. The lowest BCUT2D eigenvalue weighted by atomic mass is 10.1. The van der Waals surface area contributed by atoms with Gasteiger partial charge in [0.1, 0.15) is 18.4 Å². The molecule has 220 valence electrons. The minimum absolute atomic E-state index is 0.0263. The van der Waals surface area contributed by atoms with Crippen molar-refractivity contribution in [2.45, 2.75) is 44.7 Å². The zero-order valence-corrected chi connectivity index (χ0v) is 25.9. The van der Waals surface area contributed by atoms with Gasteiger partial charge >= 0.3 is 0 Å². The third-order valence-electron chi connectivity index (χ3n) is 6.26. The molecule has 1 N–H and O–H groups in total. The lowest BCUT2D eigenvalue weighted by Gasteiger charge is -2.33. The maximum atomic E-state index is 14.1. The van der Waals surface area contributed by atoms with E-state index in [0.717, 1.165) is 16.4 Å². The molecule has 3 rings (SSSR count). The van der Waals surface area contributed by atoms with Crippen LogP contribution in [0.1, 0.15) is 32.8 Å². The van der Waals surface area contributed by atoms with Crippen LogP contribution in [-0.2, 0) is 26.2 Å². The molecule has 0 aromatic heterocycles. The number of hydrogen-bond acceptors (Lipinski definition) is 4. The second-order valence-corrected chi connectivity index (χ2v) is 12.8. The van der Waals surface area contributed by atoms with Gasteiger partial charge in [-0.15, -0.1) is 0 Å². The Kier molecular flexibility index (Phi) is 11.4. The van der Waals surface area contributed by atoms with E-state index in [4.69, 9.17) is 34.8 Å². The number of benzene rings is 3. The molecule has 41 heavy (non-hydrogen) atoms. The highest BCUT2D eigenvalue weighted by atomic mass is 35.5. The summed E-state index contributed by atoms with van der Waals surface area (Å²) in [6.45, 7) is 5.13. The molecule has 1 atom stereocenters. The molecule has 0 aliphatic carbocycles.